The summed E-state index contributed by atoms with van der Waals surface area (Å²) in [7, 11) is 0. The number of hydrogen-bond donors (Lipinski definition) is 2. The van der Waals surface area contributed by atoms with Crippen LogP contribution in [0.4, 0.5) is 0 Å². The van der Waals surface area contributed by atoms with Crippen LogP contribution in [-0.4, -0.2) is 15.8 Å². The molecule has 2 heteroatoms. The first kappa shape index (κ1) is 22.2. The third kappa shape index (κ3) is 3.83. The topological polar surface area (TPSA) is 40.5 Å². The SMILES string of the molecule is CCCCC(CC)CCC[C@]1(O)CC[C@H]2[C@@H]3CCc4cc(O)ccc4[C@H]3CC[C@@]21C. The van der Waals surface area contributed by atoms with Gasteiger partial charge in [0.05, 0.1) is 5.60 Å². The standard InChI is InChI=1S/C28H44O2/c1-4-6-8-20(5-2)9-7-16-28(30)18-15-26-25-12-10-21-19-22(29)11-13-23(21)24(25)14-17-27(26,28)3/h11,13,19-20,24-26,29-30H,4-10,12,14-18H2,1-3H3/t20?,24-,25-,26+,27+,28+/m1/s1. The fourth-order valence-corrected chi connectivity index (χ4v) is 7.82. The van der Waals surface area contributed by atoms with Gasteiger partial charge in [0.15, 0.2) is 0 Å². The predicted octanol–water partition coefficient (Wildman–Crippen LogP) is 7.37. The molecule has 30 heavy (non-hydrogen) atoms. The van der Waals surface area contributed by atoms with E-state index >= 15 is 0 Å². The van der Waals surface area contributed by atoms with Gasteiger partial charge in [-0.3, -0.25) is 0 Å². The van der Waals surface area contributed by atoms with E-state index in [1.807, 2.05) is 12.1 Å². The molecule has 0 heterocycles. The van der Waals surface area contributed by atoms with Crippen molar-refractivity contribution in [2.75, 3.05) is 0 Å². The number of phenols is 1. The molecule has 2 nitrogen and oxygen atoms in total. The third-order valence-corrected chi connectivity index (χ3v) is 9.78. The van der Waals surface area contributed by atoms with Crippen LogP contribution in [0.5, 0.6) is 5.75 Å². The molecular weight excluding hydrogens is 368 g/mol. The Hall–Kier alpha value is -1.02. The first-order valence-corrected chi connectivity index (χ1v) is 13.0. The Morgan fingerprint density at radius 1 is 1.07 bits per heavy atom. The molecule has 2 fully saturated rings. The van der Waals surface area contributed by atoms with Gasteiger partial charge in [0.25, 0.3) is 0 Å². The van der Waals surface area contributed by atoms with Gasteiger partial charge in [-0.1, -0.05) is 65.4 Å². The van der Waals surface area contributed by atoms with Gasteiger partial charge in [0.1, 0.15) is 5.75 Å². The van der Waals surface area contributed by atoms with E-state index in [1.54, 1.807) is 0 Å². The number of fused-ring (bicyclic) bond motifs is 5. The molecule has 1 unspecified atom stereocenters. The molecule has 3 aliphatic carbocycles. The van der Waals surface area contributed by atoms with Crippen molar-refractivity contribution >= 4 is 0 Å². The van der Waals surface area contributed by atoms with E-state index in [9.17, 15) is 10.2 Å². The van der Waals surface area contributed by atoms with Gasteiger partial charge in [0.2, 0.25) is 0 Å². The maximum atomic E-state index is 11.9. The van der Waals surface area contributed by atoms with Crippen molar-refractivity contribution in [3.63, 3.8) is 0 Å². The van der Waals surface area contributed by atoms with E-state index in [4.69, 9.17) is 0 Å². The van der Waals surface area contributed by atoms with Crippen molar-refractivity contribution in [2.45, 2.75) is 116 Å². The summed E-state index contributed by atoms with van der Waals surface area (Å²) in [6, 6.07) is 6.06. The molecule has 1 aromatic carbocycles. The zero-order chi connectivity index (χ0) is 21.4. The van der Waals surface area contributed by atoms with E-state index in [1.165, 1.54) is 68.9 Å². The maximum absolute atomic E-state index is 11.9. The fourth-order valence-electron chi connectivity index (χ4n) is 7.82. The number of aliphatic hydroxyl groups is 1. The van der Waals surface area contributed by atoms with Crippen molar-refractivity contribution in [2.24, 2.45) is 23.2 Å². The minimum Gasteiger partial charge on any atom is -0.508 e. The van der Waals surface area contributed by atoms with Crippen molar-refractivity contribution in [1.82, 2.24) is 0 Å². The van der Waals surface area contributed by atoms with Crippen LogP contribution in [0.15, 0.2) is 18.2 Å². The van der Waals surface area contributed by atoms with E-state index in [-0.39, 0.29) is 5.41 Å². The number of rotatable bonds is 8. The van der Waals surface area contributed by atoms with Gasteiger partial charge in [-0.2, -0.15) is 0 Å². The van der Waals surface area contributed by atoms with Crippen LogP contribution < -0.4 is 0 Å². The molecule has 3 aliphatic rings. The summed E-state index contributed by atoms with van der Waals surface area (Å²) < 4.78 is 0. The number of aryl methyl sites for hydroxylation is 1. The lowest BCUT2D eigenvalue weighted by molar-refractivity contribution is -0.108. The van der Waals surface area contributed by atoms with Crippen molar-refractivity contribution < 1.29 is 10.2 Å². The molecule has 4 rings (SSSR count). The summed E-state index contributed by atoms with van der Waals surface area (Å²) in [6.45, 7) is 7.06. The van der Waals surface area contributed by atoms with Crippen LogP contribution in [0.1, 0.15) is 115 Å². The highest BCUT2D eigenvalue weighted by molar-refractivity contribution is 5.40. The van der Waals surface area contributed by atoms with Gasteiger partial charge in [-0.15, -0.1) is 0 Å². The summed E-state index contributed by atoms with van der Waals surface area (Å²) in [5.41, 5.74) is 2.49. The number of aromatic hydroxyl groups is 1. The number of benzene rings is 1. The summed E-state index contributed by atoms with van der Waals surface area (Å²) in [6.07, 6.45) is 15.7. The molecule has 6 atom stereocenters. The summed E-state index contributed by atoms with van der Waals surface area (Å²) in [5, 5.41) is 21.8. The van der Waals surface area contributed by atoms with Crippen LogP contribution in [0.3, 0.4) is 0 Å². The molecular formula is C28H44O2. The zero-order valence-electron chi connectivity index (χ0n) is 19.6. The second-order valence-corrected chi connectivity index (χ2v) is 11.1. The largest absolute Gasteiger partial charge is 0.508 e. The highest BCUT2D eigenvalue weighted by Crippen LogP contribution is 2.65. The Morgan fingerprint density at radius 2 is 1.87 bits per heavy atom. The predicted molar refractivity (Wildman–Crippen MR) is 125 cm³/mol. The first-order chi connectivity index (χ1) is 14.4. The van der Waals surface area contributed by atoms with E-state index in [0.29, 0.717) is 23.5 Å². The van der Waals surface area contributed by atoms with Gasteiger partial charge < -0.3 is 10.2 Å². The molecule has 0 amide bonds. The molecule has 0 aromatic heterocycles. The monoisotopic (exact) mass is 412 g/mol. The first-order valence-electron chi connectivity index (χ1n) is 13.0. The Bertz CT molecular complexity index is 727. The van der Waals surface area contributed by atoms with Gasteiger partial charge in [-0.25, -0.2) is 0 Å². The Balaban J connectivity index is 1.44. The minimum atomic E-state index is -0.457. The molecule has 2 N–H and O–H groups in total. The number of phenolic OH excluding ortho intramolecular Hbond substituents is 1. The number of unbranched alkanes of at least 4 members (excludes halogenated alkanes) is 1. The van der Waals surface area contributed by atoms with Gasteiger partial charge >= 0.3 is 0 Å². The van der Waals surface area contributed by atoms with Crippen LogP contribution in [-0.2, 0) is 6.42 Å². The van der Waals surface area contributed by atoms with E-state index < -0.39 is 5.60 Å². The van der Waals surface area contributed by atoms with Crippen LogP contribution in [0.25, 0.3) is 0 Å². The molecule has 0 spiro atoms. The van der Waals surface area contributed by atoms with Crippen molar-refractivity contribution in [1.29, 1.82) is 0 Å². The maximum Gasteiger partial charge on any atom is 0.115 e. The Kier molecular flexibility index (Phi) is 6.54. The Morgan fingerprint density at radius 3 is 2.63 bits per heavy atom. The smallest absolute Gasteiger partial charge is 0.115 e. The second-order valence-electron chi connectivity index (χ2n) is 11.1. The summed E-state index contributed by atoms with van der Waals surface area (Å²) in [4.78, 5) is 0. The van der Waals surface area contributed by atoms with Gasteiger partial charge in [-0.05, 0) is 97.3 Å². The zero-order valence-corrected chi connectivity index (χ0v) is 19.6. The Labute approximate surface area is 184 Å². The molecule has 0 bridgehead atoms. The van der Waals surface area contributed by atoms with Gasteiger partial charge in [0, 0.05) is 0 Å². The highest BCUT2D eigenvalue weighted by atomic mass is 16.3. The van der Waals surface area contributed by atoms with Crippen molar-refractivity contribution in [3.8, 4) is 5.75 Å². The van der Waals surface area contributed by atoms with Crippen LogP contribution in [0, 0.1) is 23.2 Å². The normalized spacial score (nSPS) is 36.1. The second kappa shape index (κ2) is 8.85. The molecule has 1 aromatic rings. The highest BCUT2D eigenvalue weighted by Gasteiger charge is 2.60. The summed E-state index contributed by atoms with van der Waals surface area (Å²) in [5.74, 6) is 3.26. The lowest BCUT2D eigenvalue weighted by Crippen LogP contribution is -2.50. The van der Waals surface area contributed by atoms with Crippen LogP contribution >= 0.6 is 0 Å². The fraction of sp³-hybridized carbons (Fsp3) is 0.786. The minimum absolute atomic E-state index is 0.0910. The lowest BCUT2D eigenvalue weighted by Gasteiger charge is -2.53. The number of hydrogen-bond acceptors (Lipinski definition) is 2. The molecule has 0 radical (unpaired) electrons. The van der Waals surface area contributed by atoms with Crippen molar-refractivity contribution in [3.05, 3.63) is 29.3 Å². The summed E-state index contributed by atoms with van der Waals surface area (Å²) >= 11 is 0. The quantitative estimate of drug-likeness (QED) is 0.468. The van der Waals surface area contributed by atoms with E-state index in [0.717, 1.165) is 31.6 Å². The average Bonchev–Trinajstić information content (AvgIpc) is 3.01. The molecule has 0 aliphatic heterocycles. The van der Waals surface area contributed by atoms with E-state index in [2.05, 4.69) is 26.8 Å². The third-order valence-electron chi connectivity index (χ3n) is 9.78. The molecule has 2 saturated carbocycles. The van der Waals surface area contributed by atoms with Crippen LogP contribution in [0.2, 0.25) is 0 Å². The molecule has 0 saturated heterocycles. The molecule has 168 valence electrons. The average molecular weight is 413 g/mol. The lowest BCUT2D eigenvalue weighted by atomic mass is 9.53.